The average Bonchev–Trinajstić information content (AvgIpc) is 3.53. The van der Waals surface area contributed by atoms with Gasteiger partial charge in [0.25, 0.3) is 5.56 Å². The molecule has 6 N–H and O–H groups in total. The van der Waals surface area contributed by atoms with Gasteiger partial charge in [-0.25, -0.2) is 13.9 Å². The maximum Gasteiger partial charge on any atom is 0.481 e. The molecule has 1 aliphatic heterocycles. The van der Waals surface area contributed by atoms with Crippen LogP contribution in [-0.4, -0.2) is 133 Å². The summed E-state index contributed by atoms with van der Waals surface area (Å²) in [6.07, 6.45) is 19.0. The number of aliphatic hydroxyl groups is 2. The molecule has 382 valence electrons. The van der Waals surface area contributed by atoms with E-state index in [1.165, 1.54) is 174 Å². The van der Waals surface area contributed by atoms with Gasteiger partial charge in [-0.2, -0.15) is 4.31 Å². The molecule has 1 aromatic heterocycles. The molecule has 19 heteroatoms. The minimum absolute atomic E-state index is 0.704. The van der Waals surface area contributed by atoms with E-state index >= 15 is 0 Å². The van der Waals surface area contributed by atoms with Crippen LogP contribution in [0.4, 0.5) is 0 Å². The Hall–Kier alpha value is -1.30. The molecule has 5 atom stereocenters. The van der Waals surface area contributed by atoms with Crippen LogP contribution >= 0.6 is 15.6 Å². The number of nitrogens with zero attached hydrogens (tertiary/aromatic N) is 4. The number of H-pyrrole nitrogens is 1. The van der Waals surface area contributed by atoms with Gasteiger partial charge in [-0.1, -0.05) is 120 Å². The van der Waals surface area contributed by atoms with Crippen LogP contribution in [0.3, 0.4) is 0 Å². The zero-order valence-electron chi connectivity index (χ0n) is 41.5. The van der Waals surface area contributed by atoms with Crippen LogP contribution in [-0.2, 0) is 22.7 Å². The van der Waals surface area contributed by atoms with Crippen molar-refractivity contribution in [3.8, 4) is 0 Å². The molecule has 0 bridgehead atoms. The van der Waals surface area contributed by atoms with Crippen LogP contribution in [0.5, 0.6) is 0 Å². The number of phosphoric ester groups is 1. The molecule has 1 saturated heterocycles. The lowest BCUT2D eigenvalue weighted by atomic mass is 10.1. The quantitative estimate of drug-likeness (QED) is 0.0363. The van der Waals surface area contributed by atoms with Gasteiger partial charge in [-0.15, -0.1) is 0 Å². The number of hydrogen-bond acceptors (Lipinski definition) is 12. The van der Waals surface area contributed by atoms with Crippen LogP contribution in [0.1, 0.15) is 184 Å². The molecule has 2 heterocycles. The first-order chi connectivity index (χ1) is 30.4. The van der Waals surface area contributed by atoms with E-state index < -0.39 is 58.0 Å². The fourth-order valence-corrected chi connectivity index (χ4v) is 8.09. The molecule has 0 aromatic carbocycles. The number of aromatic nitrogens is 2. The van der Waals surface area contributed by atoms with Gasteiger partial charge in [-0.3, -0.25) is 18.9 Å². The van der Waals surface area contributed by atoms with Gasteiger partial charge in [0, 0.05) is 12.3 Å². The summed E-state index contributed by atoms with van der Waals surface area (Å²) in [7, 11) is -10.5. The van der Waals surface area contributed by atoms with Gasteiger partial charge in [0.05, 0.1) is 6.61 Å². The third kappa shape index (κ3) is 34.1. The van der Waals surface area contributed by atoms with E-state index in [1.54, 1.807) is 0 Å². The first-order valence-corrected chi connectivity index (χ1v) is 27.7. The molecule has 0 radical (unpaired) electrons. The predicted octanol–water partition coefficient (Wildman–Crippen LogP) is 8.45. The van der Waals surface area contributed by atoms with Crippen molar-refractivity contribution in [2.45, 2.75) is 202 Å². The maximum absolute atomic E-state index is 11.7. The fraction of sp³-hybridized carbons (Fsp3) is 0.911. The summed E-state index contributed by atoms with van der Waals surface area (Å²) in [5, 5.41) is 19.8. The molecule has 0 spiro atoms. The average molecular weight is 960 g/mol. The minimum atomic E-state index is -5.32. The van der Waals surface area contributed by atoms with E-state index in [4.69, 9.17) is 19.4 Å². The molecule has 1 aromatic rings. The number of nitrogens with one attached hydrogen (secondary N) is 1. The second-order valence-electron chi connectivity index (χ2n) is 16.6. The Labute approximate surface area is 387 Å². The Balaban J connectivity index is 0. The summed E-state index contributed by atoms with van der Waals surface area (Å²) >= 11 is 0. The summed E-state index contributed by atoms with van der Waals surface area (Å²) < 4.78 is 35.6. The molecule has 2 rings (SSSR count). The lowest BCUT2D eigenvalue weighted by Crippen LogP contribution is -2.37. The number of ether oxygens (including phenoxy) is 1. The van der Waals surface area contributed by atoms with Crippen molar-refractivity contribution in [3.63, 3.8) is 0 Å². The monoisotopic (exact) mass is 960 g/mol. The normalized spacial score (nSPS) is 18.3. The molecule has 1 aliphatic rings. The Morgan fingerprint density at radius 3 is 1.16 bits per heavy atom. The topological polar surface area (TPSA) is 228 Å². The Kier molecular flexibility index (Phi) is 41.2. The summed E-state index contributed by atoms with van der Waals surface area (Å²) in [5.41, 5.74) is -1.65. The Morgan fingerprint density at radius 1 is 0.578 bits per heavy atom. The lowest BCUT2D eigenvalue weighted by Gasteiger charge is -2.21. The number of unbranched alkanes of at least 4 members (excludes halogenated alkanes) is 9. The molecule has 0 saturated carbocycles. The number of phosphoric acid groups is 2. The van der Waals surface area contributed by atoms with Crippen molar-refractivity contribution in [1.29, 1.82) is 0 Å². The molecule has 0 amide bonds. The first-order valence-electron chi connectivity index (χ1n) is 24.7. The first kappa shape index (κ1) is 64.8. The van der Waals surface area contributed by atoms with E-state index in [-0.39, 0.29) is 0 Å². The second kappa shape index (κ2) is 40.7. The van der Waals surface area contributed by atoms with Crippen molar-refractivity contribution in [3.05, 3.63) is 33.1 Å². The van der Waals surface area contributed by atoms with Crippen LogP contribution in [0.2, 0.25) is 0 Å². The van der Waals surface area contributed by atoms with Crippen molar-refractivity contribution in [2.75, 3.05) is 65.5 Å². The predicted molar refractivity (Wildman–Crippen MR) is 260 cm³/mol. The van der Waals surface area contributed by atoms with E-state index in [9.17, 15) is 28.9 Å². The standard InChI is InChI=1S/3C12H27N.C9H14N2O12P2/c3*1-4-7-10-13(11-8-5-2)12-9-6-3;12-5-1-2-11(9(15)10-5)8-7(14)6(13)4(22-8)3-21-25(19,20)23-24(16,17)18/h3*4-12H2,1-3H3;1-2,4,6-8,13-14H,3H2,(H,19,20)(H,10,12,15)(H2,16,17,18)/t;;;4-,6-,7-,8-/m...1/s1. The van der Waals surface area contributed by atoms with E-state index in [2.05, 4.69) is 85.8 Å². The molecule has 64 heavy (non-hydrogen) atoms. The smallest absolute Gasteiger partial charge is 0.387 e. The maximum atomic E-state index is 11.7. The van der Waals surface area contributed by atoms with Gasteiger partial charge in [0.1, 0.15) is 18.3 Å². The minimum Gasteiger partial charge on any atom is -0.387 e. The fourth-order valence-electron chi connectivity index (χ4n) is 6.49. The highest BCUT2D eigenvalue weighted by molar-refractivity contribution is 7.60. The highest BCUT2D eigenvalue weighted by Crippen LogP contribution is 2.57. The van der Waals surface area contributed by atoms with Crippen molar-refractivity contribution < 1.29 is 47.6 Å². The van der Waals surface area contributed by atoms with Crippen LogP contribution < -0.4 is 11.2 Å². The van der Waals surface area contributed by atoms with Crippen LogP contribution in [0.25, 0.3) is 0 Å². The highest BCUT2D eigenvalue weighted by Gasteiger charge is 2.45. The molecular formula is C45H95N5O12P2. The summed E-state index contributed by atoms with van der Waals surface area (Å²) in [6.45, 7) is 31.4. The highest BCUT2D eigenvalue weighted by atomic mass is 31.3. The molecule has 17 nitrogen and oxygen atoms in total. The van der Waals surface area contributed by atoms with Crippen molar-refractivity contribution in [2.24, 2.45) is 0 Å². The van der Waals surface area contributed by atoms with Gasteiger partial charge in [0.2, 0.25) is 0 Å². The third-order valence-electron chi connectivity index (χ3n) is 10.5. The number of hydrogen-bond donors (Lipinski definition) is 6. The number of rotatable bonds is 33. The van der Waals surface area contributed by atoms with Crippen molar-refractivity contribution in [1.82, 2.24) is 24.3 Å². The van der Waals surface area contributed by atoms with Gasteiger partial charge in [-0.05, 0) is 117 Å². The summed E-state index contributed by atoms with van der Waals surface area (Å²) in [6, 6.07) is 0.962. The third-order valence-corrected chi connectivity index (χ3v) is 12.7. The van der Waals surface area contributed by atoms with Crippen LogP contribution in [0.15, 0.2) is 21.9 Å². The largest absolute Gasteiger partial charge is 0.481 e. The van der Waals surface area contributed by atoms with E-state index in [1.807, 2.05) is 4.98 Å². The molecule has 0 aliphatic carbocycles. The molecule has 1 unspecified atom stereocenters. The Morgan fingerprint density at radius 2 is 0.891 bits per heavy atom. The second-order valence-corrected chi connectivity index (χ2v) is 19.4. The van der Waals surface area contributed by atoms with Gasteiger partial charge < -0.3 is 44.3 Å². The Bertz CT molecular complexity index is 1320. The van der Waals surface area contributed by atoms with E-state index in [0.29, 0.717) is 0 Å². The SMILES string of the molecule is CCCCN(CCCC)CCCC.CCCCN(CCCC)CCCC.CCCCN(CCCC)CCCC.O=c1ccn([C@@H]2O[C@H](COP(=O)(O)OP(=O)(O)O)[C@@H](O)[C@H]2O)c(=O)[nH]1. The molecule has 1 fully saturated rings. The zero-order valence-corrected chi connectivity index (χ0v) is 43.3. The summed E-state index contributed by atoms with van der Waals surface area (Å²) in [5.74, 6) is 0. The number of aromatic amines is 1. The van der Waals surface area contributed by atoms with E-state index in [0.717, 1.165) is 16.8 Å². The van der Waals surface area contributed by atoms with Gasteiger partial charge in [0.15, 0.2) is 6.23 Å². The lowest BCUT2D eigenvalue weighted by molar-refractivity contribution is -0.0542. The number of aliphatic hydroxyl groups excluding tert-OH is 2. The van der Waals surface area contributed by atoms with Crippen molar-refractivity contribution >= 4 is 15.6 Å². The van der Waals surface area contributed by atoms with Gasteiger partial charge >= 0.3 is 21.3 Å². The summed E-state index contributed by atoms with van der Waals surface area (Å²) in [4.78, 5) is 58.6. The zero-order chi connectivity index (χ0) is 48.8. The van der Waals surface area contributed by atoms with Crippen LogP contribution in [0, 0.1) is 0 Å². The molecular weight excluding hydrogens is 864 g/mol.